The van der Waals surface area contributed by atoms with Crippen molar-refractivity contribution >= 4 is 11.6 Å². The van der Waals surface area contributed by atoms with Crippen LogP contribution in [0.1, 0.15) is 42.8 Å². The summed E-state index contributed by atoms with van der Waals surface area (Å²) in [4.78, 5) is 18.6. The molecule has 0 spiro atoms. The largest absolute Gasteiger partial charge is 0.385 e. The van der Waals surface area contributed by atoms with E-state index >= 15 is 0 Å². The Bertz CT molecular complexity index is 691. The Morgan fingerprint density at radius 3 is 2.62 bits per heavy atom. The van der Waals surface area contributed by atoms with Gasteiger partial charge in [0.2, 0.25) is 5.82 Å². The molecular weight excluding hydrogens is 332 g/mol. The minimum atomic E-state index is -0.360. The minimum Gasteiger partial charge on any atom is -0.385 e. The number of nitrogens with zero attached hydrogens (tertiary/aromatic N) is 3. The van der Waals surface area contributed by atoms with E-state index in [2.05, 4.69) is 32.5 Å². The van der Waals surface area contributed by atoms with Crippen molar-refractivity contribution in [3.63, 3.8) is 0 Å². The highest BCUT2D eigenvalue weighted by Gasteiger charge is 2.16. The molecule has 1 saturated heterocycles. The number of hydrogen-bond donors (Lipinski definition) is 1. The second kappa shape index (κ2) is 9.33. The first-order valence-electron chi connectivity index (χ1n) is 9.24. The van der Waals surface area contributed by atoms with Gasteiger partial charge in [0, 0.05) is 44.6 Å². The zero-order chi connectivity index (χ0) is 18.2. The van der Waals surface area contributed by atoms with Crippen molar-refractivity contribution in [3.8, 4) is 11.4 Å². The first-order chi connectivity index (χ1) is 12.8. The van der Waals surface area contributed by atoms with Crippen LogP contribution in [0.3, 0.4) is 0 Å². The summed E-state index contributed by atoms with van der Waals surface area (Å²) in [7, 11) is 1.63. The first kappa shape index (κ1) is 18.4. The highest BCUT2D eigenvalue weighted by atomic mass is 16.5. The van der Waals surface area contributed by atoms with E-state index in [0.717, 1.165) is 25.1 Å². The van der Waals surface area contributed by atoms with Gasteiger partial charge in [0.25, 0.3) is 0 Å². The Morgan fingerprint density at radius 1 is 1.19 bits per heavy atom. The minimum absolute atomic E-state index is 0.0194. The van der Waals surface area contributed by atoms with Gasteiger partial charge < -0.3 is 19.5 Å². The maximum Gasteiger partial charge on any atom is 0.316 e. The van der Waals surface area contributed by atoms with Gasteiger partial charge in [-0.2, -0.15) is 4.98 Å². The molecule has 0 aliphatic carbocycles. The first-order valence-corrected chi connectivity index (χ1v) is 9.24. The van der Waals surface area contributed by atoms with E-state index in [1.165, 1.54) is 31.4 Å². The average Bonchev–Trinajstić information content (AvgIpc) is 3.01. The molecular formula is C19H26N4O3. The summed E-state index contributed by atoms with van der Waals surface area (Å²) in [5.74, 6) is 0.0458. The number of aromatic nitrogens is 2. The molecule has 0 atom stereocenters. The fourth-order valence-electron chi connectivity index (χ4n) is 3.08. The number of amides is 1. The normalized spacial score (nSPS) is 14.9. The third-order valence-electron chi connectivity index (χ3n) is 4.53. The van der Waals surface area contributed by atoms with E-state index in [0.29, 0.717) is 19.0 Å². The summed E-state index contributed by atoms with van der Waals surface area (Å²) >= 11 is 0. The van der Waals surface area contributed by atoms with Crippen LogP contribution in [0.2, 0.25) is 0 Å². The van der Waals surface area contributed by atoms with E-state index in [1.807, 2.05) is 12.1 Å². The van der Waals surface area contributed by atoms with Crippen LogP contribution < -0.4 is 10.2 Å². The third-order valence-corrected chi connectivity index (χ3v) is 4.53. The van der Waals surface area contributed by atoms with Gasteiger partial charge in [0.15, 0.2) is 0 Å². The lowest BCUT2D eigenvalue weighted by Gasteiger charge is -2.22. The molecule has 2 aromatic rings. The maximum absolute atomic E-state index is 12.0. The second-order valence-electron chi connectivity index (χ2n) is 6.47. The number of hydrogen-bond acceptors (Lipinski definition) is 6. The number of ether oxygens (including phenoxy) is 1. The van der Waals surface area contributed by atoms with Crippen LogP contribution in [0.4, 0.5) is 5.69 Å². The molecule has 1 fully saturated rings. The smallest absolute Gasteiger partial charge is 0.316 e. The van der Waals surface area contributed by atoms with Crippen LogP contribution in [0.15, 0.2) is 28.8 Å². The highest BCUT2D eigenvalue weighted by Crippen LogP contribution is 2.23. The molecule has 1 aromatic carbocycles. The zero-order valence-electron chi connectivity index (χ0n) is 15.2. The van der Waals surface area contributed by atoms with Crippen molar-refractivity contribution in [1.82, 2.24) is 15.5 Å². The van der Waals surface area contributed by atoms with Crippen LogP contribution in [-0.4, -0.2) is 49.4 Å². The predicted molar refractivity (Wildman–Crippen MR) is 99.2 cm³/mol. The Hall–Kier alpha value is -2.41. The number of anilines is 1. The van der Waals surface area contributed by atoms with Crippen molar-refractivity contribution in [1.29, 1.82) is 0 Å². The van der Waals surface area contributed by atoms with Gasteiger partial charge in [0.1, 0.15) is 0 Å². The molecule has 140 valence electrons. The monoisotopic (exact) mass is 358 g/mol. The number of nitrogens with one attached hydrogen (secondary N) is 1. The number of carbonyl (C=O) groups excluding carboxylic acids is 1. The molecule has 0 unspecified atom stereocenters. The molecule has 7 heteroatoms. The number of rotatable bonds is 7. The van der Waals surface area contributed by atoms with Crippen LogP contribution in [0.25, 0.3) is 11.4 Å². The summed E-state index contributed by atoms with van der Waals surface area (Å²) in [6.45, 7) is 3.32. The quantitative estimate of drug-likeness (QED) is 0.767. The standard InChI is InChI=1S/C19H26N4O3/c1-25-14-6-11-20-18(24)19-21-17(22-26-19)15-7-9-16(10-8-15)23-12-4-2-3-5-13-23/h7-10H,2-6,11-14H2,1H3,(H,20,24). The molecule has 7 nitrogen and oxygen atoms in total. The number of carbonyl (C=O) groups is 1. The molecule has 1 aliphatic heterocycles. The summed E-state index contributed by atoms with van der Waals surface area (Å²) in [6, 6.07) is 8.12. The van der Waals surface area contributed by atoms with Crippen molar-refractivity contribution < 1.29 is 14.1 Å². The van der Waals surface area contributed by atoms with Gasteiger partial charge in [-0.1, -0.05) is 18.0 Å². The second-order valence-corrected chi connectivity index (χ2v) is 6.47. The average molecular weight is 358 g/mol. The molecule has 2 heterocycles. The van der Waals surface area contributed by atoms with Gasteiger partial charge in [-0.25, -0.2) is 0 Å². The predicted octanol–water partition coefficient (Wildman–Crippen LogP) is 2.88. The Morgan fingerprint density at radius 2 is 1.92 bits per heavy atom. The summed E-state index contributed by atoms with van der Waals surface area (Å²) in [6.07, 6.45) is 5.85. The summed E-state index contributed by atoms with van der Waals surface area (Å²) in [5, 5.41) is 6.66. The van der Waals surface area contributed by atoms with Gasteiger partial charge in [0.05, 0.1) is 0 Å². The van der Waals surface area contributed by atoms with Crippen molar-refractivity contribution in [2.45, 2.75) is 32.1 Å². The summed E-state index contributed by atoms with van der Waals surface area (Å²) in [5.41, 5.74) is 2.06. The fourth-order valence-corrected chi connectivity index (χ4v) is 3.08. The SMILES string of the molecule is COCCCNC(=O)c1nc(-c2ccc(N3CCCCCC3)cc2)no1. The molecule has 1 amide bonds. The molecule has 0 bridgehead atoms. The number of methoxy groups -OCH3 is 1. The van der Waals surface area contributed by atoms with Gasteiger partial charge >= 0.3 is 11.8 Å². The van der Waals surface area contributed by atoms with Gasteiger partial charge in [-0.15, -0.1) is 0 Å². The zero-order valence-corrected chi connectivity index (χ0v) is 15.2. The number of benzene rings is 1. The van der Waals surface area contributed by atoms with Crippen LogP contribution in [-0.2, 0) is 4.74 Å². The van der Waals surface area contributed by atoms with Crippen LogP contribution >= 0.6 is 0 Å². The Kier molecular flexibility index (Phi) is 6.60. The van der Waals surface area contributed by atoms with Gasteiger partial charge in [-0.05, 0) is 43.5 Å². The molecule has 1 aromatic heterocycles. The van der Waals surface area contributed by atoms with E-state index in [4.69, 9.17) is 9.26 Å². The van der Waals surface area contributed by atoms with Crippen molar-refractivity contribution in [2.75, 3.05) is 38.3 Å². The molecule has 1 N–H and O–H groups in total. The lowest BCUT2D eigenvalue weighted by molar-refractivity contribution is 0.0905. The van der Waals surface area contributed by atoms with E-state index < -0.39 is 0 Å². The maximum atomic E-state index is 12.0. The van der Waals surface area contributed by atoms with Crippen LogP contribution in [0, 0.1) is 0 Å². The van der Waals surface area contributed by atoms with Crippen molar-refractivity contribution in [2.24, 2.45) is 0 Å². The molecule has 3 rings (SSSR count). The third kappa shape index (κ3) is 4.82. The summed E-state index contributed by atoms with van der Waals surface area (Å²) < 4.78 is 10.0. The van der Waals surface area contributed by atoms with Crippen LogP contribution in [0.5, 0.6) is 0 Å². The molecule has 26 heavy (non-hydrogen) atoms. The van der Waals surface area contributed by atoms with E-state index in [1.54, 1.807) is 7.11 Å². The fraction of sp³-hybridized carbons (Fsp3) is 0.526. The van der Waals surface area contributed by atoms with Crippen molar-refractivity contribution in [3.05, 3.63) is 30.2 Å². The van der Waals surface area contributed by atoms with Gasteiger partial charge in [-0.3, -0.25) is 4.79 Å². The highest BCUT2D eigenvalue weighted by molar-refractivity contribution is 5.89. The topological polar surface area (TPSA) is 80.5 Å². The van der Waals surface area contributed by atoms with E-state index in [9.17, 15) is 4.79 Å². The molecule has 0 saturated carbocycles. The van der Waals surface area contributed by atoms with E-state index in [-0.39, 0.29) is 11.8 Å². The Labute approximate surface area is 153 Å². The lowest BCUT2D eigenvalue weighted by Crippen LogP contribution is -2.25. The Balaban J connectivity index is 1.61. The molecule has 0 radical (unpaired) electrons. The molecule has 1 aliphatic rings. The lowest BCUT2D eigenvalue weighted by atomic mass is 10.2.